The van der Waals surface area contributed by atoms with Crippen LogP contribution in [0.3, 0.4) is 0 Å². The maximum atomic E-state index is 11.1. The number of fused-ring (bicyclic) bond motifs is 5. The summed E-state index contributed by atoms with van der Waals surface area (Å²) < 4.78 is 0. The Morgan fingerprint density at radius 1 is 0.964 bits per heavy atom. The Kier molecular flexibility index (Phi) is 5.36. The summed E-state index contributed by atoms with van der Waals surface area (Å²) >= 11 is 0. The first-order valence-electron chi connectivity index (χ1n) is 11.7. The Labute approximate surface area is 170 Å². The SMILES string of the molecule is CC(CCC(=O)O)C1CCC2C3C[C@H](O)[C@@H]4C[C@H](O)CCC4(C)C3CCC12C. The Balaban J connectivity index is 1.55. The lowest BCUT2D eigenvalue weighted by Crippen LogP contribution is -2.58. The first kappa shape index (κ1) is 20.7. The van der Waals surface area contributed by atoms with Crippen molar-refractivity contribution in [2.24, 2.45) is 46.3 Å². The van der Waals surface area contributed by atoms with Gasteiger partial charge in [-0.1, -0.05) is 20.8 Å². The minimum atomic E-state index is -0.677. The molecule has 0 aromatic carbocycles. The van der Waals surface area contributed by atoms with Crippen molar-refractivity contribution in [1.82, 2.24) is 0 Å². The highest BCUT2D eigenvalue weighted by molar-refractivity contribution is 5.66. The molecule has 0 radical (unpaired) electrons. The van der Waals surface area contributed by atoms with Crippen LogP contribution in [-0.2, 0) is 4.79 Å². The van der Waals surface area contributed by atoms with Gasteiger partial charge in [0.2, 0.25) is 0 Å². The predicted octanol–water partition coefficient (Wildman–Crippen LogP) is 4.48. The van der Waals surface area contributed by atoms with Crippen molar-refractivity contribution in [2.75, 3.05) is 0 Å². The van der Waals surface area contributed by atoms with E-state index in [9.17, 15) is 15.0 Å². The van der Waals surface area contributed by atoms with E-state index in [4.69, 9.17) is 5.11 Å². The molecule has 4 aliphatic rings. The zero-order valence-electron chi connectivity index (χ0n) is 17.9. The highest BCUT2D eigenvalue weighted by Gasteiger charge is 2.62. The van der Waals surface area contributed by atoms with Gasteiger partial charge in [-0.25, -0.2) is 0 Å². The number of hydrogen-bond donors (Lipinski definition) is 3. The molecule has 4 nitrogen and oxygen atoms in total. The largest absolute Gasteiger partial charge is 0.481 e. The second-order valence-electron chi connectivity index (χ2n) is 11.4. The van der Waals surface area contributed by atoms with Gasteiger partial charge in [0.1, 0.15) is 0 Å². The van der Waals surface area contributed by atoms with Crippen molar-refractivity contribution in [2.45, 2.75) is 97.2 Å². The average Bonchev–Trinajstić information content (AvgIpc) is 2.99. The van der Waals surface area contributed by atoms with Gasteiger partial charge in [0, 0.05) is 6.42 Å². The van der Waals surface area contributed by atoms with E-state index in [-0.39, 0.29) is 30.0 Å². The highest BCUT2D eigenvalue weighted by Crippen LogP contribution is 2.68. The fraction of sp³-hybridized carbons (Fsp3) is 0.958. The van der Waals surface area contributed by atoms with Gasteiger partial charge in [0.05, 0.1) is 12.2 Å². The summed E-state index contributed by atoms with van der Waals surface area (Å²) in [5.41, 5.74) is 0.478. The molecule has 0 bridgehead atoms. The zero-order valence-corrected chi connectivity index (χ0v) is 17.9. The fourth-order valence-corrected chi connectivity index (χ4v) is 8.81. The molecular weight excluding hydrogens is 352 g/mol. The molecule has 4 heteroatoms. The van der Waals surface area contributed by atoms with Crippen LogP contribution in [0.1, 0.15) is 85.0 Å². The van der Waals surface area contributed by atoms with Crippen molar-refractivity contribution in [3.63, 3.8) is 0 Å². The normalized spacial score (nSPS) is 51.7. The van der Waals surface area contributed by atoms with Crippen molar-refractivity contribution in [3.05, 3.63) is 0 Å². The van der Waals surface area contributed by atoms with Gasteiger partial charge in [-0.05, 0) is 104 Å². The molecule has 28 heavy (non-hydrogen) atoms. The molecule has 0 aliphatic heterocycles. The van der Waals surface area contributed by atoms with Crippen molar-refractivity contribution >= 4 is 5.97 Å². The summed E-state index contributed by atoms with van der Waals surface area (Å²) in [6.07, 6.45) is 9.16. The smallest absolute Gasteiger partial charge is 0.303 e. The molecule has 4 rings (SSSR count). The van der Waals surface area contributed by atoms with Gasteiger partial charge in [0.25, 0.3) is 0 Å². The number of aliphatic hydroxyl groups excluding tert-OH is 2. The molecule has 4 saturated carbocycles. The van der Waals surface area contributed by atoms with E-state index < -0.39 is 5.97 Å². The summed E-state index contributed by atoms with van der Waals surface area (Å²) in [5, 5.41) is 30.4. The molecule has 0 amide bonds. The highest BCUT2D eigenvalue weighted by atomic mass is 16.4. The molecule has 4 fully saturated rings. The predicted molar refractivity (Wildman–Crippen MR) is 109 cm³/mol. The van der Waals surface area contributed by atoms with Crippen LogP contribution in [0.5, 0.6) is 0 Å². The van der Waals surface area contributed by atoms with Crippen LogP contribution in [0.15, 0.2) is 0 Å². The Morgan fingerprint density at radius 2 is 1.64 bits per heavy atom. The summed E-state index contributed by atoms with van der Waals surface area (Å²) in [6, 6.07) is 0. The maximum absolute atomic E-state index is 11.1. The number of carboxylic acid groups (broad SMARTS) is 1. The van der Waals surface area contributed by atoms with E-state index in [2.05, 4.69) is 20.8 Å². The van der Waals surface area contributed by atoms with Crippen molar-refractivity contribution < 1.29 is 20.1 Å². The van der Waals surface area contributed by atoms with E-state index in [1.54, 1.807) is 0 Å². The summed E-state index contributed by atoms with van der Waals surface area (Å²) in [7, 11) is 0. The topological polar surface area (TPSA) is 77.8 Å². The van der Waals surface area contributed by atoms with Crippen LogP contribution in [0.2, 0.25) is 0 Å². The third kappa shape index (κ3) is 3.14. The second kappa shape index (κ2) is 7.27. The quantitative estimate of drug-likeness (QED) is 0.659. The first-order valence-corrected chi connectivity index (χ1v) is 11.7. The lowest BCUT2D eigenvalue weighted by Gasteiger charge is -2.62. The van der Waals surface area contributed by atoms with Crippen LogP contribution >= 0.6 is 0 Å². The molecule has 4 aliphatic carbocycles. The van der Waals surface area contributed by atoms with Gasteiger partial charge < -0.3 is 15.3 Å². The maximum Gasteiger partial charge on any atom is 0.303 e. The summed E-state index contributed by atoms with van der Waals surface area (Å²) in [6.45, 7) is 7.16. The number of hydrogen-bond acceptors (Lipinski definition) is 3. The van der Waals surface area contributed by atoms with Crippen molar-refractivity contribution in [3.8, 4) is 0 Å². The van der Waals surface area contributed by atoms with Gasteiger partial charge in [-0.15, -0.1) is 0 Å². The van der Waals surface area contributed by atoms with E-state index in [0.717, 1.165) is 32.1 Å². The molecule has 7 unspecified atom stereocenters. The third-order valence-corrected chi connectivity index (χ3v) is 10.2. The van der Waals surface area contributed by atoms with E-state index in [1.165, 1.54) is 25.7 Å². The third-order valence-electron chi connectivity index (χ3n) is 10.2. The Hall–Kier alpha value is -0.610. The average molecular weight is 393 g/mol. The van der Waals surface area contributed by atoms with Crippen LogP contribution < -0.4 is 0 Å². The lowest BCUT2D eigenvalue weighted by atomic mass is 9.44. The van der Waals surface area contributed by atoms with Gasteiger partial charge in [0.15, 0.2) is 0 Å². The number of aliphatic hydroxyl groups is 2. The fourth-order valence-electron chi connectivity index (χ4n) is 8.81. The molecule has 0 heterocycles. The molecule has 0 spiro atoms. The minimum absolute atomic E-state index is 0.176. The van der Waals surface area contributed by atoms with Gasteiger partial charge >= 0.3 is 5.97 Å². The first-order chi connectivity index (χ1) is 13.2. The molecular formula is C24H40O4. The summed E-state index contributed by atoms with van der Waals surface area (Å²) in [5.74, 6) is 2.61. The van der Waals surface area contributed by atoms with Crippen molar-refractivity contribution in [1.29, 1.82) is 0 Å². The Morgan fingerprint density at radius 3 is 2.36 bits per heavy atom. The van der Waals surface area contributed by atoms with Crippen LogP contribution in [0.25, 0.3) is 0 Å². The molecule has 3 N–H and O–H groups in total. The number of carboxylic acids is 1. The second-order valence-corrected chi connectivity index (χ2v) is 11.4. The molecule has 0 saturated heterocycles. The molecule has 160 valence electrons. The van der Waals surface area contributed by atoms with Gasteiger partial charge in [-0.2, -0.15) is 0 Å². The number of carbonyl (C=O) groups is 1. The number of aliphatic carboxylic acids is 1. The van der Waals surface area contributed by atoms with Crippen LogP contribution in [0, 0.1) is 46.3 Å². The van der Waals surface area contributed by atoms with Crippen LogP contribution in [0.4, 0.5) is 0 Å². The standard InChI is InChI=1S/C24H40O4/c1-14(4-7-22(27)28)17-5-6-18-16-13-21(26)20-12-15(25)8-10-24(20,3)19(16)9-11-23(17,18)2/h14-21,25-26H,4-13H2,1-3H3,(H,27,28)/t14?,15-,16?,17?,18?,19?,20+,21+,23?,24?/m1/s1. The van der Waals surface area contributed by atoms with E-state index in [1.807, 2.05) is 0 Å². The molecule has 0 aromatic rings. The lowest BCUT2D eigenvalue weighted by molar-refractivity contribution is -0.172. The summed E-state index contributed by atoms with van der Waals surface area (Å²) in [4.78, 5) is 11.1. The minimum Gasteiger partial charge on any atom is -0.481 e. The monoisotopic (exact) mass is 392 g/mol. The molecule has 10 atom stereocenters. The van der Waals surface area contributed by atoms with E-state index >= 15 is 0 Å². The Bertz CT molecular complexity index is 605. The van der Waals surface area contributed by atoms with Gasteiger partial charge in [-0.3, -0.25) is 4.79 Å². The van der Waals surface area contributed by atoms with E-state index in [0.29, 0.717) is 35.0 Å². The van der Waals surface area contributed by atoms with Crippen LogP contribution in [-0.4, -0.2) is 33.5 Å². The molecule has 0 aromatic heterocycles. The zero-order chi connectivity index (χ0) is 20.3. The number of rotatable bonds is 4.